The normalized spacial score (nSPS) is 19.9. The number of benzene rings is 1. The van der Waals surface area contributed by atoms with Gasteiger partial charge < -0.3 is 9.84 Å². The molecule has 1 fully saturated rings. The first-order chi connectivity index (χ1) is 8.84. The van der Waals surface area contributed by atoms with Crippen LogP contribution in [0.25, 0.3) is 11.4 Å². The SMILES string of the molecule is Clc1ccccc1-c1noc([C@@H]2CCCCN2)n1. The van der Waals surface area contributed by atoms with Gasteiger partial charge in [-0.15, -0.1) is 0 Å². The van der Waals surface area contributed by atoms with Gasteiger partial charge >= 0.3 is 0 Å². The molecule has 1 aliphatic rings. The second-order valence-corrected chi connectivity index (χ2v) is 4.85. The van der Waals surface area contributed by atoms with E-state index in [1.165, 1.54) is 12.8 Å². The number of halogens is 1. The highest BCUT2D eigenvalue weighted by Gasteiger charge is 2.21. The number of piperidine rings is 1. The third-order valence-corrected chi connectivity index (χ3v) is 3.49. The topological polar surface area (TPSA) is 51.0 Å². The predicted octanol–water partition coefficient (Wildman–Crippen LogP) is 3.20. The van der Waals surface area contributed by atoms with Gasteiger partial charge in [-0.3, -0.25) is 0 Å². The fraction of sp³-hybridized carbons (Fsp3) is 0.385. The van der Waals surface area contributed by atoms with Crippen LogP contribution in [0.3, 0.4) is 0 Å². The lowest BCUT2D eigenvalue weighted by Crippen LogP contribution is -2.26. The summed E-state index contributed by atoms with van der Waals surface area (Å²) in [5.74, 6) is 1.22. The maximum atomic E-state index is 6.12. The van der Waals surface area contributed by atoms with E-state index in [0.29, 0.717) is 16.7 Å². The standard InChI is InChI=1S/C13H14ClN3O/c14-10-6-2-1-5-9(10)12-16-13(18-17-12)11-7-3-4-8-15-11/h1-2,5-6,11,15H,3-4,7-8H2/t11-/m0/s1. The van der Waals surface area contributed by atoms with Crippen LogP contribution in [0.15, 0.2) is 28.8 Å². The van der Waals surface area contributed by atoms with Crippen LogP contribution < -0.4 is 5.32 Å². The minimum Gasteiger partial charge on any atom is -0.337 e. The van der Waals surface area contributed by atoms with Crippen molar-refractivity contribution in [1.82, 2.24) is 15.5 Å². The Bertz CT molecular complexity index is 535. The second kappa shape index (κ2) is 5.08. The highest BCUT2D eigenvalue weighted by atomic mass is 35.5. The number of aromatic nitrogens is 2. The van der Waals surface area contributed by atoms with Gasteiger partial charge in [0.15, 0.2) is 0 Å². The van der Waals surface area contributed by atoms with Crippen LogP contribution in [0.2, 0.25) is 5.02 Å². The smallest absolute Gasteiger partial charge is 0.244 e. The average molecular weight is 264 g/mol. The Kier molecular flexibility index (Phi) is 3.30. The van der Waals surface area contributed by atoms with Crippen molar-refractivity contribution in [1.29, 1.82) is 0 Å². The first-order valence-corrected chi connectivity index (χ1v) is 6.54. The molecule has 0 unspecified atom stereocenters. The molecule has 1 N–H and O–H groups in total. The summed E-state index contributed by atoms with van der Waals surface area (Å²) in [5.41, 5.74) is 0.810. The molecule has 0 saturated carbocycles. The molecule has 94 valence electrons. The monoisotopic (exact) mass is 263 g/mol. The van der Waals surface area contributed by atoms with Crippen molar-refractivity contribution >= 4 is 11.6 Å². The van der Waals surface area contributed by atoms with E-state index in [-0.39, 0.29) is 6.04 Å². The minimum atomic E-state index is 0.183. The Hall–Kier alpha value is -1.39. The molecule has 0 amide bonds. The summed E-state index contributed by atoms with van der Waals surface area (Å²) in [6, 6.07) is 7.70. The lowest BCUT2D eigenvalue weighted by atomic mass is 10.1. The molecule has 18 heavy (non-hydrogen) atoms. The highest BCUT2D eigenvalue weighted by molar-refractivity contribution is 6.33. The van der Waals surface area contributed by atoms with Gasteiger partial charge in [-0.25, -0.2) is 0 Å². The molecule has 2 heterocycles. The van der Waals surface area contributed by atoms with Crippen LogP contribution in [0.5, 0.6) is 0 Å². The van der Waals surface area contributed by atoms with Crippen LogP contribution in [0, 0.1) is 0 Å². The zero-order valence-electron chi connectivity index (χ0n) is 9.90. The van der Waals surface area contributed by atoms with Crippen molar-refractivity contribution in [3.8, 4) is 11.4 Å². The van der Waals surface area contributed by atoms with Crippen molar-refractivity contribution < 1.29 is 4.52 Å². The molecule has 3 rings (SSSR count). The van der Waals surface area contributed by atoms with Crippen LogP contribution in [-0.2, 0) is 0 Å². The number of nitrogens with one attached hydrogen (secondary N) is 1. The third kappa shape index (κ3) is 2.26. The predicted molar refractivity (Wildman–Crippen MR) is 69.3 cm³/mol. The fourth-order valence-electron chi connectivity index (χ4n) is 2.19. The van der Waals surface area contributed by atoms with E-state index in [2.05, 4.69) is 15.5 Å². The van der Waals surface area contributed by atoms with E-state index < -0.39 is 0 Å². The van der Waals surface area contributed by atoms with E-state index in [1.807, 2.05) is 24.3 Å². The van der Waals surface area contributed by atoms with Crippen molar-refractivity contribution in [3.63, 3.8) is 0 Å². The van der Waals surface area contributed by atoms with Crippen molar-refractivity contribution in [2.75, 3.05) is 6.54 Å². The molecule has 2 aromatic rings. The first kappa shape index (κ1) is 11.7. The van der Waals surface area contributed by atoms with Gasteiger partial charge in [0, 0.05) is 5.56 Å². The first-order valence-electron chi connectivity index (χ1n) is 6.16. The number of hydrogen-bond donors (Lipinski definition) is 1. The zero-order valence-corrected chi connectivity index (χ0v) is 10.7. The number of hydrogen-bond acceptors (Lipinski definition) is 4. The van der Waals surface area contributed by atoms with E-state index in [4.69, 9.17) is 16.1 Å². The molecule has 1 aliphatic heterocycles. The van der Waals surface area contributed by atoms with Crippen LogP contribution in [-0.4, -0.2) is 16.7 Å². The molecule has 0 radical (unpaired) electrons. The minimum absolute atomic E-state index is 0.183. The van der Waals surface area contributed by atoms with Crippen LogP contribution >= 0.6 is 11.6 Å². The molecule has 0 aliphatic carbocycles. The summed E-state index contributed by atoms with van der Waals surface area (Å²) in [5, 5.41) is 8.04. The lowest BCUT2D eigenvalue weighted by Gasteiger charge is -2.19. The molecule has 0 spiro atoms. The van der Waals surface area contributed by atoms with Crippen molar-refractivity contribution in [3.05, 3.63) is 35.2 Å². The molecular weight excluding hydrogens is 250 g/mol. The summed E-state index contributed by atoms with van der Waals surface area (Å²) >= 11 is 6.12. The number of rotatable bonds is 2. The second-order valence-electron chi connectivity index (χ2n) is 4.44. The van der Waals surface area contributed by atoms with Gasteiger partial charge in [0.1, 0.15) is 0 Å². The van der Waals surface area contributed by atoms with Gasteiger partial charge in [-0.1, -0.05) is 35.3 Å². The largest absolute Gasteiger partial charge is 0.337 e. The zero-order chi connectivity index (χ0) is 12.4. The number of nitrogens with zero attached hydrogens (tertiary/aromatic N) is 2. The summed E-state index contributed by atoms with van der Waals surface area (Å²) in [4.78, 5) is 4.44. The van der Waals surface area contributed by atoms with Crippen molar-refractivity contribution in [2.45, 2.75) is 25.3 Å². The molecular formula is C13H14ClN3O. The van der Waals surface area contributed by atoms with E-state index >= 15 is 0 Å². The molecule has 5 heteroatoms. The Balaban J connectivity index is 1.87. The van der Waals surface area contributed by atoms with Gasteiger partial charge in [-0.05, 0) is 31.5 Å². The maximum Gasteiger partial charge on any atom is 0.244 e. The quantitative estimate of drug-likeness (QED) is 0.904. The van der Waals surface area contributed by atoms with Gasteiger partial charge in [0.25, 0.3) is 0 Å². The molecule has 1 aromatic carbocycles. The van der Waals surface area contributed by atoms with Gasteiger partial charge in [0.05, 0.1) is 11.1 Å². The molecule has 0 bridgehead atoms. The summed E-state index contributed by atoms with van der Waals surface area (Å²) < 4.78 is 5.33. The Morgan fingerprint density at radius 3 is 2.94 bits per heavy atom. The van der Waals surface area contributed by atoms with E-state index in [1.54, 1.807) is 0 Å². The summed E-state index contributed by atoms with van der Waals surface area (Å²) in [6.45, 7) is 1.01. The Morgan fingerprint density at radius 2 is 2.17 bits per heavy atom. The van der Waals surface area contributed by atoms with Crippen molar-refractivity contribution in [2.24, 2.45) is 0 Å². The average Bonchev–Trinajstić information content (AvgIpc) is 2.90. The molecule has 1 saturated heterocycles. The Morgan fingerprint density at radius 1 is 1.28 bits per heavy atom. The third-order valence-electron chi connectivity index (χ3n) is 3.16. The van der Waals surface area contributed by atoms with E-state index in [0.717, 1.165) is 18.5 Å². The van der Waals surface area contributed by atoms with Crippen LogP contribution in [0.1, 0.15) is 31.2 Å². The molecule has 4 nitrogen and oxygen atoms in total. The molecule has 1 atom stereocenters. The maximum absolute atomic E-state index is 6.12. The lowest BCUT2D eigenvalue weighted by molar-refractivity contribution is 0.297. The van der Waals surface area contributed by atoms with E-state index in [9.17, 15) is 0 Å². The fourth-order valence-corrected chi connectivity index (χ4v) is 2.41. The highest BCUT2D eigenvalue weighted by Crippen LogP contribution is 2.27. The van der Waals surface area contributed by atoms with Crippen LogP contribution in [0.4, 0.5) is 0 Å². The van der Waals surface area contributed by atoms with Gasteiger partial charge in [0.2, 0.25) is 11.7 Å². The summed E-state index contributed by atoms with van der Waals surface area (Å²) in [6.07, 6.45) is 3.45. The Labute approximate surface area is 110 Å². The summed E-state index contributed by atoms with van der Waals surface area (Å²) in [7, 11) is 0. The van der Waals surface area contributed by atoms with Gasteiger partial charge in [-0.2, -0.15) is 4.98 Å². The molecule has 1 aromatic heterocycles.